The minimum absolute atomic E-state index is 0.0792. The van der Waals surface area contributed by atoms with E-state index < -0.39 is 17.6 Å². The summed E-state index contributed by atoms with van der Waals surface area (Å²) in [5.41, 5.74) is 1.69. The Labute approximate surface area is 159 Å². The lowest BCUT2D eigenvalue weighted by Crippen LogP contribution is -2.37. The highest BCUT2D eigenvalue weighted by Gasteiger charge is 2.16. The number of carbonyl (C=O) groups excluding carboxylic acids is 2. The first-order valence-electron chi connectivity index (χ1n) is 8.85. The number of amides is 2. The second kappa shape index (κ2) is 9.07. The average molecular weight is 370 g/mol. The molecular formula is C21H26N2O4. The Kier molecular flexibility index (Phi) is 6.82. The molecule has 0 saturated heterocycles. The van der Waals surface area contributed by atoms with Crippen LogP contribution in [0.3, 0.4) is 0 Å². The third-order valence-corrected chi connectivity index (χ3v) is 3.64. The number of aromatic hydroxyl groups is 1. The van der Waals surface area contributed by atoms with E-state index in [9.17, 15) is 14.7 Å². The summed E-state index contributed by atoms with van der Waals surface area (Å²) in [4.78, 5) is 23.9. The maximum absolute atomic E-state index is 12.3. The molecule has 0 aliphatic rings. The van der Waals surface area contributed by atoms with Crippen molar-refractivity contribution in [3.8, 4) is 5.75 Å². The summed E-state index contributed by atoms with van der Waals surface area (Å²) in [5, 5.41) is 15.2. The predicted octanol–water partition coefficient (Wildman–Crippen LogP) is 3.24. The molecule has 0 fully saturated rings. The van der Waals surface area contributed by atoms with Gasteiger partial charge in [0.05, 0.1) is 5.56 Å². The van der Waals surface area contributed by atoms with Crippen LogP contribution in [-0.4, -0.2) is 35.8 Å². The molecule has 6 nitrogen and oxygen atoms in total. The Bertz CT molecular complexity index is 783. The Morgan fingerprint density at radius 3 is 2.30 bits per heavy atom. The van der Waals surface area contributed by atoms with Crippen LogP contribution in [0.25, 0.3) is 0 Å². The van der Waals surface area contributed by atoms with Gasteiger partial charge in [-0.05, 0) is 50.5 Å². The monoisotopic (exact) mass is 370 g/mol. The van der Waals surface area contributed by atoms with Gasteiger partial charge in [0.2, 0.25) is 0 Å². The molecule has 0 bridgehead atoms. The fraction of sp³-hybridized carbons (Fsp3) is 0.333. The lowest BCUT2D eigenvalue weighted by Gasteiger charge is -2.19. The molecule has 0 heterocycles. The van der Waals surface area contributed by atoms with Crippen molar-refractivity contribution in [2.45, 2.75) is 32.8 Å². The molecule has 6 heteroatoms. The van der Waals surface area contributed by atoms with Crippen molar-refractivity contribution in [3.63, 3.8) is 0 Å². The van der Waals surface area contributed by atoms with Gasteiger partial charge in [0, 0.05) is 13.1 Å². The molecule has 0 unspecified atom stereocenters. The van der Waals surface area contributed by atoms with Gasteiger partial charge in [0.1, 0.15) is 11.4 Å². The molecule has 0 radical (unpaired) electrons. The molecule has 0 atom stereocenters. The first-order valence-corrected chi connectivity index (χ1v) is 8.85. The maximum Gasteiger partial charge on any atom is 0.407 e. The van der Waals surface area contributed by atoms with Crippen molar-refractivity contribution in [2.24, 2.45) is 0 Å². The average Bonchev–Trinajstić information content (AvgIpc) is 2.59. The van der Waals surface area contributed by atoms with Crippen LogP contribution in [0.2, 0.25) is 0 Å². The largest absolute Gasteiger partial charge is 0.507 e. The molecule has 0 saturated carbocycles. The topological polar surface area (TPSA) is 87.7 Å². The van der Waals surface area contributed by atoms with Gasteiger partial charge in [-0.15, -0.1) is 0 Å². The molecule has 2 aromatic rings. The molecule has 2 rings (SSSR count). The number of phenolic OH excluding ortho intramolecular Hbond substituents is 1. The molecular weight excluding hydrogens is 344 g/mol. The zero-order chi connectivity index (χ0) is 19.9. The number of ether oxygens (including phenoxy) is 1. The van der Waals surface area contributed by atoms with Gasteiger partial charge >= 0.3 is 6.09 Å². The van der Waals surface area contributed by atoms with E-state index in [0.717, 1.165) is 11.1 Å². The van der Waals surface area contributed by atoms with Crippen LogP contribution in [0, 0.1) is 0 Å². The van der Waals surface area contributed by atoms with Crippen LogP contribution in [0.5, 0.6) is 5.75 Å². The van der Waals surface area contributed by atoms with Gasteiger partial charge in [0.25, 0.3) is 5.91 Å². The number of carbonyl (C=O) groups is 2. The summed E-state index contributed by atoms with van der Waals surface area (Å²) in [6.45, 7) is 5.78. The molecule has 0 spiro atoms. The van der Waals surface area contributed by atoms with Crippen molar-refractivity contribution >= 4 is 12.0 Å². The van der Waals surface area contributed by atoms with Crippen LogP contribution in [-0.2, 0) is 11.2 Å². The second-order valence-electron chi connectivity index (χ2n) is 7.20. The lowest BCUT2D eigenvalue weighted by molar-refractivity contribution is 0.0526. The van der Waals surface area contributed by atoms with E-state index in [1.807, 2.05) is 30.3 Å². The van der Waals surface area contributed by atoms with Gasteiger partial charge < -0.3 is 20.5 Å². The summed E-state index contributed by atoms with van der Waals surface area (Å²) in [6.07, 6.45) is 0.131. The Morgan fingerprint density at radius 2 is 1.63 bits per heavy atom. The summed E-state index contributed by atoms with van der Waals surface area (Å²) in [5.74, 6) is -0.474. The fourth-order valence-corrected chi connectivity index (χ4v) is 2.46. The first-order chi connectivity index (χ1) is 12.7. The maximum atomic E-state index is 12.3. The molecule has 27 heavy (non-hydrogen) atoms. The Hall–Kier alpha value is -3.02. The molecule has 0 aliphatic heterocycles. The second-order valence-corrected chi connectivity index (χ2v) is 7.20. The third kappa shape index (κ3) is 7.01. The van der Waals surface area contributed by atoms with Crippen molar-refractivity contribution in [1.82, 2.24) is 10.6 Å². The van der Waals surface area contributed by atoms with Gasteiger partial charge in [-0.25, -0.2) is 4.79 Å². The van der Waals surface area contributed by atoms with E-state index in [1.54, 1.807) is 32.9 Å². The van der Waals surface area contributed by atoms with Gasteiger partial charge in [-0.2, -0.15) is 0 Å². The molecule has 0 aliphatic carbocycles. The van der Waals surface area contributed by atoms with Crippen molar-refractivity contribution in [1.29, 1.82) is 0 Å². The molecule has 2 amide bonds. The number of hydrogen-bond donors (Lipinski definition) is 3. The fourth-order valence-electron chi connectivity index (χ4n) is 2.46. The number of hydrogen-bond acceptors (Lipinski definition) is 4. The highest BCUT2D eigenvalue weighted by Crippen LogP contribution is 2.20. The van der Waals surface area contributed by atoms with E-state index >= 15 is 0 Å². The number of benzene rings is 2. The number of alkyl carbamates (subject to hydrolysis) is 1. The lowest BCUT2D eigenvalue weighted by atomic mass is 10.0. The summed E-state index contributed by atoms with van der Waals surface area (Å²) < 4.78 is 5.12. The summed E-state index contributed by atoms with van der Waals surface area (Å²) in [6, 6.07) is 14.9. The molecule has 144 valence electrons. The van der Waals surface area contributed by atoms with Crippen LogP contribution in [0.1, 0.15) is 42.3 Å². The zero-order valence-corrected chi connectivity index (χ0v) is 15.9. The van der Waals surface area contributed by atoms with E-state index in [0.29, 0.717) is 6.42 Å². The Morgan fingerprint density at radius 1 is 0.963 bits per heavy atom. The van der Waals surface area contributed by atoms with Crippen LogP contribution < -0.4 is 10.6 Å². The number of phenols is 1. The van der Waals surface area contributed by atoms with Gasteiger partial charge in [-0.1, -0.05) is 36.4 Å². The van der Waals surface area contributed by atoms with E-state index in [1.165, 1.54) is 6.07 Å². The quantitative estimate of drug-likeness (QED) is 0.681. The standard InChI is InChI=1S/C21H26N2O4/c1-21(2,3)27-20(26)23-12-11-22-19(25)17-14-16(9-10-18(17)24)13-15-7-5-4-6-8-15/h4-10,14,24H,11-13H2,1-3H3,(H,22,25)(H,23,26). The minimum Gasteiger partial charge on any atom is -0.507 e. The van der Waals surface area contributed by atoms with E-state index in [-0.39, 0.29) is 24.4 Å². The summed E-state index contributed by atoms with van der Waals surface area (Å²) in [7, 11) is 0. The normalized spacial score (nSPS) is 10.9. The molecule has 3 N–H and O–H groups in total. The molecule has 0 aromatic heterocycles. The van der Waals surface area contributed by atoms with Crippen molar-refractivity contribution < 1.29 is 19.4 Å². The minimum atomic E-state index is -0.571. The SMILES string of the molecule is CC(C)(C)OC(=O)NCCNC(=O)c1cc(Cc2ccccc2)ccc1O. The zero-order valence-electron chi connectivity index (χ0n) is 15.9. The summed E-state index contributed by atoms with van der Waals surface area (Å²) >= 11 is 0. The van der Waals surface area contributed by atoms with Crippen LogP contribution >= 0.6 is 0 Å². The third-order valence-electron chi connectivity index (χ3n) is 3.64. The van der Waals surface area contributed by atoms with E-state index in [2.05, 4.69) is 10.6 Å². The van der Waals surface area contributed by atoms with Crippen LogP contribution in [0.15, 0.2) is 48.5 Å². The first kappa shape index (κ1) is 20.3. The predicted molar refractivity (Wildman–Crippen MR) is 104 cm³/mol. The van der Waals surface area contributed by atoms with E-state index in [4.69, 9.17) is 4.74 Å². The highest BCUT2D eigenvalue weighted by molar-refractivity contribution is 5.97. The van der Waals surface area contributed by atoms with Crippen LogP contribution in [0.4, 0.5) is 4.79 Å². The van der Waals surface area contributed by atoms with Crippen molar-refractivity contribution in [3.05, 3.63) is 65.2 Å². The number of rotatable bonds is 6. The Balaban J connectivity index is 1.88. The smallest absolute Gasteiger partial charge is 0.407 e. The van der Waals surface area contributed by atoms with Crippen molar-refractivity contribution in [2.75, 3.05) is 13.1 Å². The number of nitrogens with one attached hydrogen (secondary N) is 2. The highest BCUT2D eigenvalue weighted by atomic mass is 16.6. The van der Waals surface area contributed by atoms with Gasteiger partial charge in [-0.3, -0.25) is 4.79 Å². The molecule has 2 aromatic carbocycles. The van der Waals surface area contributed by atoms with Gasteiger partial charge in [0.15, 0.2) is 0 Å².